The summed E-state index contributed by atoms with van der Waals surface area (Å²) in [4.78, 5) is 15.1. The van der Waals surface area contributed by atoms with Crippen LogP contribution in [-0.2, 0) is 16.8 Å². The molecule has 0 atom stereocenters. The fraction of sp³-hybridized carbons (Fsp3) is 0.296. The Hall–Kier alpha value is -3.43. The van der Waals surface area contributed by atoms with E-state index in [9.17, 15) is 17.6 Å². The monoisotopic (exact) mass is 510 g/mol. The zero-order valence-electron chi connectivity index (χ0n) is 20.5. The van der Waals surface area contributed by atoms with Crippen molar-refractivity contribution in [2.24, 2.45) is 0 Å². The largest absolute Gasteiger partial charge is 0.372 e. The molecule has 0 spiro atoms. The first-order valence-electron chi connectivity index (χ1n) is 12.0. The highest BCUT2D eigenvalue weighted by molar-refractivity contribution is 7.90. The minimum atomic E-state index is -3.95. The number of carbonyl (C=O) groups is 1. The molecule has 4 rings (SSSR count). The molecule has 9 heteroatoms. The molecule has 1 N–H and O–H groups in total. The zero-order chi connectivity index (χ0) is 25.7. The van der Waals surface area contributed by atoms with Crippen LogP contribution in [0, 0.1) is 5.82 Å². The number of halogens is 1. The van der Waals surface area contributed by atoms with Gasteiger partial charge >= 0.3 is 10.2 Å². The fourth-order valence-corrected chi connectivity index (χ4v) is 5.28. The van der Waals surface area contributed by atoms with Crippen molar-refractivity contribution in [1.29, 1.82) is 0 Å². The standard InChI is InChI=1S/C27H31FN4O3S/c1-30(2)36(34,35)32(26-9-5-4-8-25(26)28)20-21-10-12-22(13-11-21)27(33)29-23-14-16-24(17-15-23)31-18-6-3-7-19-31/h4-5,8-17H,3,6-7,18-20H2,1-2H3,(H,29,33). The van der Waals surface area contributed by atoms with Gasteiger partial charge in [0.05, 0.1) is 12.2 Å². The lowest BCUT2D eigenvalue weighted by Crippen LogP contribution is -2.40. The van der Waals surface area contributed by atoms with Gasteiger partial charge in [-0.15, -0.1) is 0 Å². The van der Waals surface area contributed by atoms with Crippen molar-refractivity contribution in [2.75, 3.05) is 41.7 Å². The maximum absolute atomic E-state index is 14.5. The molecule has 3 aromatic carbocycles. The maximum atomic E-state index is 14.5. The molecule has 1 fully saturated rings. The summed E-state index contributed by atoms with van der Waals surface area (Å²) in [5, 5.41) is 2.90. The molecule has 0 radical (unpaired) electrons. The quantitative estimate of drug-likeness (QED) is 0.469. The summed E-state index contributed by atoms with van der Waals surface area (Å²) in [7, 11) is -1.15. The molecule has 0 saturated carbocycles. The molecule has 0 aromatic heterocycles. The van der Waals surface area contributed by atoms with Crippen molar-refractivity contribution < 1.29 is 17.6 Å². The van der Waals surface area contributed by atoms with Gasteiger partial charge in [-0.3, -0.25) is 9.10 Å². The van der Waals surface area contributed by atoms with Crippen LogP contribution in [-0.4, -0.2) is 45.8 Å². The van der Waals surface area contributed by atoms with Gasteiger partial charge in [-0.1, -0.05) is 24.3 Å². The summed E-state index contributed by atoms with van der Waals surface area (Å²) in [6, 6.07) is 20.2. The van der Waals surface area contributed by atoms with Crippen molar-refractivity contribution in [1.82, 2.24) is 4.31 Å². The van der Waals surface area contributed by atoms with E-state index in [4.69, 9.17) is 0 Å². The summed E-state index contributed by atoms with van der Waals surface area (Å²) >= 11 is 0. The number of piperidine rings is 1. The van der Waals surface area contributed by atoms with Crippen molar-refractivity contribution in [2.45, 2.75) is 25.8 Å². The molecule has 0 unspecified atom stereocenters. The number of para-hydroxylation sites is 1. The van der Waals surface area contributed by atoms with E-state index in [0.29, 0.717) is 16.8 Å². The maximum Gasteiger partial charge on any atom is 0.303 e. The summed E-state index contributed by atoms with van der Waals surface area (Å²) < 4.78 is 42.3. The van der Waals surface area contributed by atoms with Gasteiger partial charge in [0, 0.05) is 44.1 Å². The van der Waals surface area contributed by atoms with Crippen molar-refractivity contribution in [3.05, 3.63) is 89.7 Å². The third-order valence-electron chi connectivity index (χ3n) is 6.25. The molecule has 1 heterocycles. The molecule has 1 saturated heterocycles. The van der Waals surface area contributed by atoms with Crippen molar-refractivity contribution in [3.8, 4) is 0 Å². The van der Waals surface area contributed by atoms with Crippen molar-refractivity contribution >= 4 is 33.2 Å². The second-order valence-electron chi connectivity index (χ2n) is 8.99. The Morgan fingerprint density at radius 2 is 1.56 bits per heavy atom. The minimum absolute atomic E-state index is 0.0407. The SMILES string of the molecule is CN(C)S(=O)(=O)N(Cc1ccc(C(=O)Nc2ccc(N3CCCCC3)cc2)cc1)c1ccccc1F. The number of nitrogens with zero attached hydrogens (tertiary/aromatic N) is 3. The van der Waals surface area contributed by atoms with Crippen LogP contribution in [0.25, 0.3) is 0 Å². The summed E-state index contributed by atoms with van der Waals surface area (Å²) in [6.07, 6.45) is 3.68. The van der Waals surface area contributed by atoms with Crippen LogP contribution in [0.5, 0.6) is 0 Å². The summed E-state index contributed by atoms with van der Waals surface area (Å²) in [5.41, 5.74) is 2.87. The van der Waals surface area contributed by atoms with E-state index < -0.39 is 16.0 Å². The zero-order valence-corrected chi connectivity index (χ0v) is 21.3. The van der Waals surface area contributed by atoms with Gasteiger partial charge in [-0.2, -0.15) is 12.7 Å². The molecular weight excluding hydrogens is 479 g/mol. The van der Waals surface area contributed by atoms with Gasteiger partial charge in [-0.25, -0.2) is 4.39 Å². The number of anilines is 3. The Labute approximate surface area is 212 Å². The van der Waals surface area contributed by atoms with Crippen molar-refractivity contribution in [3.63, 3.8) is 0 Å². The molecule has 1 aliphatic rings. The molecule has 7 nitrogen and oxygen atoms in total. The Morgan fingerprint density at radius 3 is 2.17 bits per heavy atom. The van der Waals surface area contributed by atoms with E-state index in [1.165, 1.54) is 51.6 Å². The first-order valence-corrected chi connectivity index (χ1v) is 13.4. The first kappa shape index (κ1) is 25.7. The number of hydrogen-bond acceptors (Lipinski definition) is 4. The highest BCUT2D eigenvalue weighted by Gasteiger charge is 2.27. The second kappa shape index (κ2) is 11.1. The number of nitrogens with one attached hydrogen (secondary N) is 1. The number of amides is 1. The van der Waals surface area contributed by atoms with Crippen LogP contribution in [0.15, 0.2) is 72.8 Å². The van der Waals surface area contributed by atoms with E-state index in [1.54, 1.807) is 30.3 Å². The van der Waals surface area contributed by atoms with Crippen LogP contribution >= 0.6 is 0 Å². The van der Waals surface area contributed by atoms with Crippen LogP contribution in [0.4, 0.5) is 21.5 Å². The van der Waals surface area contributed by atoms with Gasteiger partial charge in [0.15, 0.2) is 0 Å². The minimum Gasteiger partial charge on any atom is -0.372 e. The third-order valence-corrected chi connectivity index (χ3v) is 8.06. The molecule has 3 aromatic rings. The molecule has 1 aliphatic heterocycles. The molecule has 0 aliphatic carbocycles. The normalized spacial score (nSPS) is 14.1. The lowest BCUT2D eigenvalue weighted by atomic mass is 10.1. The smallest absolute Gasteiger partial charge is 0.303 e. The third kappa shape index (κ3) is 5.85. The lowest BCUT2D eigenvalue weighted by molar-refractivity contribution is 0.102. The number of benzene rings is 3. The van der Waals surface area contributed by atoms with Gasteiger partial charge < -0.3 is 10.2 Å². The van der Waals surface area contributed by atoms with E-state index in [0.717, 1.165) is 27.4 Å². The van der Waals surface area contributed by atoms with E-state index in [1.807, 2.05) is 24.3 Å². The fourth-order valence-electron chi connectivity index (χ4n) is 4.18. The second-order valence-corrected chi connectivity index (χ2v) is 11.1. The molecular formula is C27H31FN4O3S. The van der Waals surface area contributed by atoms with Gasteiger partial charge in [-0.05, 0) is 73.4 Å². The predicted octanol–water partition coefficient (Wildman–Crippen LogP) is 4.88. The summed E-state index contributed by atoms with van der Waals surface area (Å²) in [6.45, 7) is 2.03. The number of carbonyl (C=O) groups excluding carboxylic acids is 1. The Morgan fingerprint density at radius 1 is 0.917 bits per heavy atom. The Bertz CT molecular complexity index is 1290. The topological polar surface area (TPSA) is 73.0 Å². The number of rotatable bonds is 8. The van der Waals surface area contributed by atoms with Gasteiger partial charge in [0.2, 0.25) is 0 Å². The Balaban J connectivity index is 1.45. The number of hydrogen-bond donors (Lipinski definition) is 1. The predicted molar refractivity (Wildman–Crippen MR) is 142 cm³/mol. The lowest BCUT2D eigenvalue weighted by Gasteiger charge is -2.28. The average molecular weight is 511 g/mol. The average Bonchev–Trinajstić information content (AvgIpc) is 2.89. The Kier molecular flexibility index (Phi) is 7.91. The first-order chi connectivity index (χ1) is 17.3. The highest BCUT2D eigenvalue weighted by Crippen LogP contribution is 2.26. The van der Waals surface area contributed by atoms with Crippen LogP contribution in [0.1, 0.15) is 35.2 Å². The van der Waals surface area contributed by atoms with Crippen LogP contribution in [0.2, 0.25) is 0 Å². The molecule has 0 bridgehead atoms. The van der Waals surface area contributed by atoms with E-state index in [2.05, 4.69) is 10.2 Å². The van der Waals surface area contributed by atoms with Crippen LogP contribution in [0.3, 0.4) is 0 Å². The van der Waals surface area contributed by atoms with Crippen LogP contribution < -0.4 is 14.5 Å². The highest BCUT2D eigenvalue weighted by atomic mass is 32.2. The van der Waals surface area contributed by atoms with Gasteiger partial charge in [0.1, 0.15) is 5.82 Å². The van der Waals surface area contributed by atoms with Gasteiger partial charge in [0.25, 0.3) is 5.91 Å². The molecule has 1 amide bonds. The molecule has 190 valence electrons. The van der Waals surface area contributed by atoms with E-state index >= 15 is 0 Å². The van der Waals surface area contributed by atoms with E-state index in [-0.39, 0.29) is 18.1 Å². The summed E-state index contributed by atoms with van der Waals surface area (Å²) in [5.74, 6) is -0.899. The molecule has 36 heavy (non-hydrogen) atoms.